The summed E-state index contributed by atoms with van der Waals surface area (Å²) < 4.78 is 0. The second-order valence-corrected chi connectivity index (χ2v) is 7.15. The molecule has 1 aliphatic carbocycles. The van der Waals surface area contributed by atoms with Crippen LogP contribution >= 0.6 is 0 Å². The van der Waals surface area contributed by atoms with E-state index in [4.69, 9.17) is 5.21 Å². The molecule has 2 rings (SSSR count). The number of nitrogens with one attached hydrogen (secondary N) is 1. The third-order valence-corrected chi connectivity index (χ3v) is 5.41. The lowest BCUT2D eigenvalue weighted by molar-refractivity contribution is -0.154. The molecule has 0 saturated heterocycles. The predicted octanol–water partition coefficient (Wildman–Crippen LogP) is 2.23. The van der Waals surface area contributed by atoms with E-state index in [1.807, 2.05) is 30.3 Å². The highest BCUT2D eigenvalue weighted by molar-refractivity contribution is 5.90. The molecule has 3 N–H and O–H groups in total. The molecule has 0 heterocycles. The summed E-state index contributed by atoms with van der Waals surface area (Å²) in [7, 11) is 1.51. The molecule has 7 nitrogen and oxygen atoms in total. The Balaban J connectivity index is 2.04. The smallest absolute Gasteiger partial charge is 0.307 e. The van der Waals surface area contributed by atoms with E-state index in [9.17, 15) is 19.5 Å². The Morgan fingerprint density at radius 1 is 1.15 bits per heavy atom. The zero-order valence-corrected chi connectivity index (χ0v) is 15.6. The van der Waals surface area contributed by atoms with E-state index in [1.54, 1.807) is 5.48 Å². The van der Waals surface area contributed by atoms with Crippen LogP contribution in [0.3, 0.4) is 0 Å². The van der Waals surface area contributed by atoms with E-state index < -0.39 is 29.8 Å². The summed E-state index contributed by atoms with van der Waals surface area (Å²) in [5.41, 5.74) is 2.77. The van der Waals surface area contributed by atoms with E-state index in [1.165, 1.54) is 11.9 Å². The van der Waals surface area contributed by atoms with Crippen molar-refractivity contribution in [3.63, 3.8) is 0 Å². The van der Waals surface area contributed by atoms with E-state index in [-0.39, 0.29) is 5.91 Å². The number of carboxylic acids is 1. The van der Waals surface area contributed by atoms with Gasteiger partial charge in [0, 0.05) is 7.05 Å². The van der Waals surface area contributed by atoms with Crippen molar-refractivity contribution in [1.29, 1.82) is 0 Å². The van der Waals surface area contributed by atoms with Gasteiger partial charge in [-0.3, -0.25) is 19.6 Å². The molecule has 1 aromatic rings. The zero-order chi connectivity index (χ0) is 19.8. The normalized spacial score (nSPS) is 20.5. The summed E-state index contributed by atoms with van der Waals surface area (Å²) in [6.07, 6.45) is 4.38. The Kier molecular flexibility index (Phi) is 7.79. The SMILES string of the molecule is CN(C(=O)[C@@H]1CCCC[C@H]1C(=O)O)C(CCCc1ccccc1)C(=O)NO. The number of nitrogens with zero attached hydrogens (tertiary/aromatic N) is 1. The minimum Gasteiger partial charge on any atom is -0.481 e. The number of hydrogen-bond donors (Lipinski definition) is 3. The monoisotopic (exact) mass is 376 g/mol. The van der Waals surface area contributed by atoms with Gasteiger partial charge in [0.05, 0.1) is 11.8 Å². The average molecular weight is 376 g/mol. The number of aliphatic carboxylic acids is 1. The number of carboxylic acid groups (broad SMARTS) is 1. The highest BCUT2D eigenvalue weighted by atomic mass is 16.5. The average Bonchev–Trinajstić information content (AvgIpc) is 2.70. The molecule has 0 radical (unpaired) electrons. The number of rotatable bonds is 8. The lowest BCUT2D eigenvalue weighted by atomic mass is 9.78. The maximum absolute atomic E-state index is 12.9. The minimum atomic E-state index is -0.964. The first-order valence-electron chi connectivity index (χ1n) is 9.43. The second kappa shape index (κ2) is 10.1. The number of benzene rings is 1. The van der Waals surface area contributed by atoms with Crippen molar-refractivity contribution in [2.45, 2.75) is 51.0 Å². The molecule has 148 valence electrons. The summed E-state index contributed by atoms with van der Waals surface area (Å²) >= 11 is 0. The standard InChI is InChI=1S/C20H28N2O5/c1-22(19(24)15-11-5-6-12-16(15)20(25)26)17(18(23)21-27)13-7-10-14-8-3-2-4-9-14/h2-4,8-9,15-17,27H,5-7,10-13H2,1H3,(H,21,23)(H,25,26)/t15-,16-,17?/m1/s1. The molecule has 3 atom stereocenters. The molecular weight excluding hydrogens is 348 g/mol. The molecule has 1 unspecified atom stereocenters. The molecule has 7 heteroatoms. The van der Waals surface area contributed by atoms with Crippen molar-refractivity contribution in [2.75, 3.05) is 7.05 Å². The highest BCUT2D eigenvalue weighted by Crippen LogP contribution is 2.32. The molecular formula is C20H28N2O5. The number of carbonyl (C=O) groups is 3. The maximum atomic E-state index is 12.9. The summed E-state index contributed by atoms with van der Waals surface area (Å²) in [4.78, 5) is 37.8. The van der Waals surface area contributed by atoms with Crippen molar-refractivity contribution < 1.29 is 24.7 Å². The molecule has 0 bridgehead atoms. The van der Waals surface area contributed by atoms with Gasteiger partial charge in [-0.05, 0) is 37.7 Å². The lowest BCUT2D eigenvalue weighted by Crippen LogP contribution is -2.50. The Labute approximate surface area is 159 Å². The fourth-order valence-corrected chi connectivity index (χ4v) is 3.86. The molecule has 1 saturated carbocycles. The first kappa shape index (κ1) is 20.9. The number of likely N-dealkylation sites (N-methyl/N-ethyl adjacent to an activating group) is 1. The van der Waals surface area contributed by atoms with Gasteiger partial charge in [0.1, 0.15) is 6.04 Å². The Hall–Kier alpha value is -2.41. The first-order chi connectivity index (χ1) is 13.0. The summed E-state index contributed by atoms with van der Waals surface area (Å²) in [5, 5.41) is 18.5. The molecule has 1 fully saturated rings. The van der Waals surface area contributed by atoms with Gasteiger partial charge in [0.25, 0.3) is 5.91 Å². The van der Waals surface area contributed by atoms with Crippen LogP contribution in [0.4, 0.5) is 0 Å². The van der Waals surface area contributed by atoms with Gasteiger partial charge in [0.2, 0.25) is 5.91 Å². The molecule has 0 aromatic heterocycles. The predicted molar refractivity (Wildman–Crippen MR) is 99.0 cm³/mol. The largest absolute Gasteiger partial charge is 0.481 e. The first-order valence-corrected chi connectivity index (χ1v) is 9.43. The van der Waals surface area contributed by atoms with Crippen LogP contribution in [0, 0.1) is 11.8 Å². The number of amides is 2. The van der Waals surface area contributed by atoms with Crippen molar-refractivity contribution in [3.8, 4) is 0 Å². The lowest BCUT2D eigenvalue weighted by Gasteiger charge is -2.34. The molecule has 1 aliphatic rings. The molecule has 0 aliphatic heterocycles. The van der Waals surface area contributed by atoms with Crippen molar-refractivity contribution >= 4 is 17.8 Å². The van der Waals surface area contributed by atoms with Crippen LogP contribution in [-0.4, -0.2) is 46.1 Å². The van der Waals surface area contributed by atoms with Crippen LogP contribution in [0.1, 0.15) is 44.1 Å². The van der Waals surface area contributed by atoms with E-state index in [2.05, 4.69) is 0 Å². The van der Waals surface area contributed by atoms with E-state index in [0.717, 1.165) is 24.8 Å². The van der Waals surface area contributed by atoms with Crippen LogP contribution in [0.25, 0.3) is 0 Å². The number of hydrogen-bond acceptors (Lipinski definition) is 4. The van der Waals surface area contributed by atoms with Crippen LogP contribution in [0.15, 0.2) is 30.3 Å². The van der Waals surface area contributed by atoms with Crippen LogP contribution in [0.5, 0.6) is 0 Å². The summed E-state index contributed by atoms with van der Waals surface area (Å²) in [6, 6.07) is 8.98. The van der Waals surface area contributed by atoms with E-state index >= 15 is 0 Å². The van der Waals surface area contributed by atoms with Gasteiger partial charge in [-0.1, -0.05) is 43.2 Å². The Morgan fingerprint density at radius 3 is 2.37 bits per heavy atom. The molecule has 2 amide bonds. The van der Waals surface area contributed by atoms with Crippen LogP contribution < -0.4 is 5.48 Å². The van der Waals surface area contributed by atoms with Gasteiger partial charge in [-0.2, -0.15) is 0 Å². The number of aryl methyl sites for hydroxylation is 1. The van der Waals surface area contributed by atoms with Crippen LogP contribution in [-0.2, 0) is 20.8 Å². The Morgan fingerprint density at radius 2 is 1.78 bits per heavy atom. The third-order valence-electron chi connectivity index (χ3n) is 5.41. The van der Waals surface area contributed by atoms with Gasteiger partial charge in [0.15, 0.2) is 0 Å². The van der Waals surface area contributed by atoms with Gasteiger partial charge >= 0.3 is 5.97 Å². The topological polar surface area (TPSA) is 107 Å². The van der Waals surface area contributed by atoms with Gasteiger partial charge < -0.3 is 10.0 Å². The number of carbonyl (C=O) groups excluding carboxylic acids is 2. The highest BCUT2D eigenvalue weighted by Gasteiger charge is 2.39. The van der Waals surface area contributed by atoms with Crippen molar-refractivity contribution in [2.24, 2.45) is 11.8 Å². The van der Waals surface area contributed by atoms with Gasteiger partial charge in [-0.15, -0.1) is 0 Å². The zero-order valence-electron chi connectivity index (χ0n) is 15.6. The second-order valence-electron chi connectivity index (χ2n) is 7.15. The number of hydroxylamine groups is 1. The molecule has 27 heavy (non-hydrogen) atoms. The minimum absolute atomic E-state index is 0.338. The fraction of sp³-hybridized carbons (Fsp3) is 0.550. The third kappa shape index (κ3) is 5.53. The summed E-state index contributed by atoms with van der Waals surface area (Å²) in [5.74, 6) is -3.29. The van der Waals surface area contributed by atoms with Crippen molar-refractivity contribution in [1.82, 2.24) is 10.4 Å². The van der Waals surface area contributed by atoms with Crippen molar-refractivity contribution in [3.05, 3.63) is 35.9 Å². The Bertz CT molecular complexity index is 649. The summed E-state index contributed by atoms with van der Waals surface area (Å²) in [6.45, 7) is 0. The quantitative estimate of drug-likeness (QED) is 0.476. The maximum Gasteiger partial charge on any atom is 0.307 e. The molecule has 0 spiro atoms. The van der Waals surface area contributed by atoms with Crippen LogP contribution in [0.2, 0.25) is 0 Å². The van der Waals surface area contributed by atoms with Gasteiger partial charge in [-0.25, -0.2) is 5.48 Å². The van der Waals surface area contributed by atoms with E-state index in [0.29, 0.717) is 25.7 Å². The molecule has 1 aromatic carbocycles. The fourth-order valence-electron chi connectivity index (χ4n) is 3.86.